The Labute approximate surface area is 97.2 Å². The Balaban J connectivity index is 2.51. The second-order valence-electron chi connectivity index (χ2n) is 4.13. The lowest BCUT2D eigenvalue weighted by Gasteiger charge is -2.32. The van der Waals surface area contributed by atoms with Gasteiger partial charge in [0.2, 0.25) is 0 Å². The van der Waals surface area contributed by atoms with E-state index in [1.165, 1.54) is 0 Å². The summed E-state index contributed by atoms with van der Waals surface area (Å²) in [6.45, 7) is 3.94. The molecule has 0 saturated carbocycles. The standard InChI is InChI=1S/C10H16F4N2O/c1-2-16-5-3-4-7(6-16)15-9(17)10(13,14)8(11)12/h7-8H,2-6H2,1H3,(H,15,17). The average molecular weight is 256 g/mol. The van der Waals surface area contributed by atoms with Crippen molar-refractivity contribution in [1.82, 2.24) is 10.2 Å². The molecule has 0 spiro atoms. The number of hydrogen-bond donors (Lipinski definition) is 1. The first kappa shape index (κ1) is 14.2. The molecule has 1 aliphatic heterocycles. The van der Waals surface area contributed by atoms with E-state index in [1.54, 1.807) is 0 Å². The molecule has 100 valence electrons. The normalized spacial score (nSPS) is 22.8. The molecule has 7 heteroatoms. The molecule has 0 bridgehead atoms. The van der Waals surface area contributed by atoms with Crippen molar-refractivity contribution < 1.29 is 22.4 Å². The number of alkyl halides is 4. The first-order chi connectivity index (χ1) is 7.87. The minimum Gasteiger partial charge on any atom is -0.347 e. The van der Waals surface area contributed by atoms with Crippen LogP contribution in [-0.2, 0) is 4.79 Å². The van der Waals surface area contributed by atoms with E-state index in [9.17, 15) is 22.4 Å². The smallest absolute Gasteiger partial charge is 0.347 e. The van der Waals surface area contributed by atoms with Gasteiger partial charge >= 0.3 is 12.3 Å². The minimum atomic E-state index is -4.60. The molecule has 1 rings (SSSR count). The minimum absolute atomic E-state index is 0.432. The van der Waals surface area contributed by atoms with Gasteiger partial charge in [0.25, 0.3) is 5.91 Å². The predicted molar refractivity (Wildman–Crippen MR) is 54.2 cm³/mol. The molecule has 1 unspecified atom stereocenters. The summed E-state index contributed by atoms with van der Waals surface area (Å²) in [5.74, 6) is -6.48. The van der Waals surface area contributed by atoms with E-state index < -0.39 is 24.3 Å². The number of hydrogen-bond acceptors (Lipinski definition) is 2. The zero-order valence-electron chi connectivity index (χ0n) is 9.56. The molecule has 0 aromatic heterocycles. The van der Waals surface area contributed by atoms with Crippen LogP contribution in [0.15, 0.2) is 0 Å². The van der Waals surface area contributed by atoms with Crippen LogP contribution < -0.4 is 5.32 Å². The number of nitrogens with zero attached hydrogens (tertiary/aromatic N) is 1. The van der Waals surface area contributed by atoms with E-state index >= 15 is 0 Å². The van der Waals surface area contributed by atoms with Crippen molar-refractivity contribution in [2.45, 2.75) is 38.2 Å². The van der Waals surface area contributed by atoms with Gasteiger partial charge < -0.3 is 10.2 Å². The lowest BCUT2D eigenvalue weighted by molar-refractivity contribution is -0.170. The van der Waals surface area contributed by atoms with Crippen molar-refractivity contribution in [3.8, 4) is 0 Å². The molecular formula is C10H16F4N2O. The molecule has 1 atom stereocenters. The molecule has 0 radical (unpaired) electrons. The van der Waals surface area contributed by atoms with Crippen LogP contribution in [0.25, 0.3) is 0 Å². The third-order valence-corrected chi connectivity index (χ3v) is 2.86. The quantitative estimate of drug-likeness (QED) is 0.773. The molecule has 0 aromatic rings. The fraction of sp³-hybridized carbons (Fsp3) is 0.900. The Hall–Kier alpha value is -0.850. The highest BCUT2D eigenvalue weighted by molar-refractivity contribution is 5.84. The van der Waals surface area contributed by atoms with Gasteiger partial charge in [-0.15, -0.1) is 0 Å². The molecule has 1 saturated heterocycles. The molecule has 1 aliphatic rings. The Morgan fingerprint density at radius 1 is 1.53 bits per heavy atom. The highest BCUT2D eigenvalue weighted by atomic mass is 19.3. The number of halogens is 4. The molecule has 1 amide bonds. The van der Waals surface area contributed by atoms with Crippen molar-refractivity contribution in [3.05, 3.63) is 0 Å². The third-order valence-electron chi connectivity index (χ3n) is 2.86. The number of likely N-dealkylation sites (tertiary alicyclic amines) is 1. The summed E-state index contributed by atoms with van der Waals surface area (Å²) in [6, 6.07) is -0.471. The molecule has 3 nitrogen and oxygen atoms in total. The van der Waals surface area contributed by atoms with Crippen molar-refractivity contribution in [1.29, 1.82) is 0 Å². The van der Waals surface area contributed by atoms with E-state index in [4.69, 9.17) is 0 Å². The summed E-state index contributed by atoms with van der Waals surface area (Å²) in [7, 11) is 0. The molecule has 0 aliphatic carbocycles. The fourth-order valence-corrected chi connectivity index (χ4v) is 1.84. The van der Waals surface area contributed by atoms with E-state index in [1.807, 2.05) is 17.1 Å². The number of carbonyl (C=O) groups excluding carboxylic acids is 1. The summed E-state index contributed by atoms with van der Waals surface area (Å²) < 4.78 is 49.3. The van der Waals surface area contributed by atoms with Crippen LogP contribution in [0, 0.1) is 0 Å². The third kappa shape index (κ3) is 3.55. The maximum Gasteiger partial charge on any atom is 0.383 e. The first-order valence-electron chi connectivity index (χ1n) is 5.57. The van der Waals surface area contributed by atoms with Gasteiger partial charge in [0.1, 0.15) is 0 Å². The number of rotatable bonds is 4. The number of nitrogens with one attached hydrogen (secondary N) is 1. The summed E-state index contributed by atoms with van der Waals surface area (Å²) >= 11 is 0. The zero-order chi connectivity index (χ0) is 13.1. The predicted octanol–water partition coefficient (Wildman–Crippen LogP) is 1.49. The van der Waals surface area contributed by atoms with Gasteiger partial charge in [-0.25, -0.2) is 8.78 Å². The zero-order valence-corrected chi connectivity index (χ0v) is 9.56. The topological polar surface area (TPSA) is 32.3 Å². The molecule has 1 fully saturated rings. The average Bonchev–Trinajstić information content (AvgIpc) is 2.29. The second-order valence-corrected chi connectivity index (χ2v) is 4.13. The van der Waals surface area contributed by atoms with Gasteiger partial charge in [-0.3, -0.25) is 4.79 Å². The monoisotopic (exact) mass is 256 g/mol. The molecule has 0 aromatic carbocycles. The van der Waals surface area contributed by atoms with Crippen molar-refractivity contribution in [3.63, 3.8) is 0 Å². The number of carbonyl (C=O) groups is 1. The van der Waals surface area contributed by atoms with Crippen molar-refractivity contribution in [2.24, 2.45) is 0 Å². The van der Waals surface area contributed by atoms with E-state index in [-0.39, 0.29) is 0 Å². The number of likely N-dealkylation sites (N-methyl/N-ethyl adjacent to an activating group) is 1. The molecule has 1 heterocycles. The van der Waals surface area contributed by atoms with Crippen LogP contribution in [0.1, 0.15) is 19.8 Å². The summed E-state index contributed by atoms with van der Waals surface area (Å²) in [5.41, 5.74) is 0. The number of amides is 1. The largest absolute Gasteiger partial charge is 0.383 e. The van der Waals surface area contributed by atoms with E-state index in [0.717, 1.165) is 19.5 Å². The molecular weight excluding hydrogens is 240 g/mol. The van der Waals surface area contributed by atoms with Crippen LogP contribution in [0.2, 0.25) is 0 Å². The summed E-state index contributed by atoms with van der Waals surface area (Å²) in [5, 5.41) is 1.99. The van der Waals surface area contributed by atoms with Crippen LogP contribution in [-0.4, -0.2) is 48.8 Å². The maximum atomic E-state index is 12.7. The van der Waals surface area contributed by atoms with E-state index in [2.05, 4.69) is 0 Å². The van der Waals surface area contributed by atoms with Gasteiger partial charge in [-0.2, -0.15) is 8.78 Å². The fourth-order valence-electron chi connectivity index (χ4n) is 1.84. The summed E-state index contributed by atoms with van der Waals surface area (Å²) in [6.07, 6.45) is -2.66. The Morgan fingerprint density at radius 3 is 2.71 bits per heavy atom. The maximum absolute atomic E-state index is 12.7. The molecule has 1 N–H and O–H groups in total. The second kappa shape index (κ2) is 5.66. The van der Waals surface area contributed by atoms with Crippen LogP contribution in [0.4, 0.5) is 17.6 Å². The van der Waals surface area contributed by atoms with E-state index in [0.29, 0.717) is 13.0 Å². The lowest BCUT2D eigenvalue weighted by atomic mass is 10.1. The Morgan fingerprint density at radius 2 is 2.18 bits per heavy atom. The highest BCUT2D eigenvalue weighted by Gasteiger charge is 2.49. The SMILES string of the molecule is CCN1CCCC(NC(=O)C(F)(F)C(F)F)C1. The van der Waals surface area contributed by atoms with Crippen molar-refractivity contribution >= 4 is 5.91 Å². The van der Waals surface area contributed by atoms with Crippen LogP contribution >= 0.6 is 0 Å². The Kier molecular flexibility index (Phi) is 4.73. The van der Waals surface area contributed by atoms with Gasteiger partial charge in [-0.1, -0.05) is 6.92 Å². The van der Waals surface area contributed by atoms with Gasteiger partial charge in [0, 0.05) is 12.6 Å². The first-order valence-corrected chi connectivity index (χ1v) is 5.57. The van der Waals surface area contributed by atoms with Crippen molar-refractivity contribution in [2.75, 3.05) is 19.6 Å². The van der Waals surface area contributed by atoms with Gasteiger partial charge in [0.05, 0.1) is 0 Å². The highest BCUT2D eigenvalue weighted by Crippen LogP contribution is 2.23. The summed E-state index contributed by atoms with van der Waals surface area (Å²) in [4.78, 5) is 13.0. The Bertz CT molecular complexity index is 273. The molecule has 17 heavy (non-hydrogen) atoms. The van der Waals surface area contributed by atoms with Gasteiger partial charge in [0.15, 0.2) is 0 Å². The lowest BCUT2D eigenvalue weighted by Crippen LogP contribution is -2.53. The van der Waals surface area contributed by atoms with Crippen LogP contribution in [0.3, 0.4) is 0 Å². The van der Waals surface area contributed by atoms with Gasteiger partial charge in [-0.05, 0) is 25.9 Å². The number of piperidine rings is 1. The van der Waals surface area contributed by atoms with Crippen LogP contribution in [0.5, 0.6) is 0 Å².